The predicted octanol–water partition coefficient (Wildman–Crippen LogP) is 3.56. The SMILES string of the molecule is COc1ccc2[nH]cc(CCNC(=O)CCn3c(=O)c(C)nc4cc(C)c(C)cc43)c2c1. The van der Waals surface area contributed by atoms with Gasteiger partial charge in [-0.25, -0.2) is 4.98 Å². The number of aromatic amines is 1. The standard InChI is InChI=1S/C25H28N4O3/c1-15-11-22-23(12-16(15)2)29(25(31)17(3)28-22)10-8-24(30)26-9-7-18-14-27-21-6-5-19(32-4)13-20(18)21/h5-6,11-14,27H,7-10H2,1-4H3,(H,26,30). The molecule has 2 aromatic carbocycles. The van der Waals surface area contributed by atoms with E-state index in [2.05, 4.69) is 15.3 Å². The van der Waals surface area contributed by atoms with Gasteiger partial charge < -0.3 is 19.6 Å². The number of hydrogen-bond acceptors (Lipinski definition) is 4. The lowest BCUT2D eigenvalue weighted by molar-refractivity contribution is -0.121. The second-order valence-electron chi connectivity index (χ2n) is 8.15. The number of methoxy groups -OCH3 is 1. The topological polar surface area (TPSA) is 89.0 Å². The van der Waals surface area contributed by atoms with Crippen LogP contribution < -0.4 is 15.6 Å². The van der Waals surface area contributed by atoms with E-state index in [4.69, 9.17) is 4.74 Å². The number of aryl methyl sites for hydroxylation is 4. The molecule has 2 aromatic heterocycles. The molecule has 0 aliphatic heterocycles. The van der Waals surface area contributed by atoms with Crippen LogP contribution in [0.5, 0.6) is 5.75 Å². The average Bonchev–Trinajstić information content (AvgIpc) is 3.18. The van der Waals surface area contributed by atoms with E-state index in [1.165, 1.54) is 0 Å². The minimum Gasteiger partial charge on any atom is -0.497 e. The number of carbonyl (C=O) groups is 1. The first-order chi connectivity index (χ1) is 15.4. The Bertz CT molecular complexity index is 1370. The molecule has 4 rings (SSSR count). The predicted molar refractivity (Wildman–Crippen MR) is 126 cm³/mol. The summed E-state index contributed by atoms with van der Waals surface area (Å²) in [5, 5.41) is 4.06. The van der Waals surface area contributed by atoms with Crippen molar-refractivity contribution < 1.29 is 9.53 Å². The summed E-state index contributed by atoms with van der Waals surface area (Å²) < 4.78 is 6.97. The van der Waals surface area contributed by atoms with E-state index in [0.29, 0.717) is 25.2 Å². The van der Waals surface area contributed by atoms with E-state index < -0.39 is 0 Å². The Kier molecular flexibility index (Phi) is 5.99. The zero-order valence-corrected chi connectivity index (χ0v) is 18.9. The number of amides is 1. The molecule has 7 heteroatoms. The number of aromatic nitrogens is 3. The van der Waals surface area contributed by atoms with Crippen molar-refractivity contribution in [3.8, 4) is 5.75 Å². The number of hydrogen-bond donors (Lipinski definition) is 2. The molecule has 2 heterocycles. The van der Waals surface area contributed by atoms with Gasteiger partial charge in [0.25, 0.3) is 5.56 Å². The Morgan fingerprint density at radius 1 is 1.16 bits per heavy atom. The summed E-state index contributed by atoms with van der Waals surface area (Å²) in [6.07, 6.45) is 2.90. The maximum atomic E-state index is 12.7. The molecule has 32 heavy (non-hydrogen) atoms. The highest BCUT2D eigenvalue weighted by Crippen LogP contribution is 2.23. The first kappa shape index (κ1) is 21.6. The molecule has 166 valence electrons. The molecule has 0 aliphatic carbocycles. The normalized spacial score (nSPS) is 11.2. The Morgan fingerprint density at radius 2 is 1.94 bits per heavy atom. The maximum absolute atomic E-state index is 12.7. The fourth-order valence-corrected chi connectivity index (χ4v) is 3.98. The largest absolute Gasteiger partial charge is 0.497 e. The highest BCUT2D eigenvalue weighted by Gasteiger charge is 2.12. The molecule has 2 N–H and O–H groups in total. The summed E-state index contributed by atoms with van der Waals surface area (Å²) in [5.74, 6) is 0.721. The van der Waals surface area contributed by atoms with Crippen LogP contribution in [0.15, 0.2) is 41.3 Å². The van der Waals surface area contributed by atoms with Crippen molar-refractivity contribution in [2.75, 3.05) is 13.7 Å². The molecule has 0 saturated carbocycles. The van der Waals surface area contributed by atoms with Gasteiger partial charge in [-0.1, -0.05) is 0 Å². The van der Waals surface area contributed by atoms with Gasteiger partial charge in [0.1, 0.15) is 11.4 Å². The lowest BCUT2D eigenvalue weighted by Crippen LogP contribution is -2.30. The van der Waals surface area contributed by atoms with Crippen LogP contribution in [0.2, 0.25) is 0 Å². The quantitative estimate of drug-likeness (QED) is 0.467. The summed E-state index contributed by atoms with van der Waals surface area (Å²) in [7, 11) is 1.65. The highest BCUT2D eigenvalue weighted by atomic mass is 16.5. The number of carbonyl (C=O) groups excluding carboxylic acids is 1. The van der Waals surface area contributed by atoms with Gasteiger partial charge in [-0.2, -0.15) is 0 Å². The van der Waals surface area contributed by atoms with Crippen LogP contribution in [0, 0.1) is 20.8 Å². The molecular formula is C25H28N4O3. The molecule has 0 radical (unpaired) electrons. The first-order valence-corrected chi connectivity index (χ1v) is 10.8. The molecule has 0 saturated heterocycles. The van der Waals surface area contributed by atoms with Crippen molar-refractivity contribution in [3.63, 3.8) is 0 Å². The van der Waals surface area contributed by atoms with E-state index in [1.54, 1.807) is 18.6 Å². The molecule has 0 bridgehead atoms. The zero-order valence-electron chi connectivity index (χ0n) is 18.9. The van der Waals surface area contributed by atoms with Gasteiger partial charge in [0.2, 0.25) is 5.91 Å². The van der Waals surface area contributed by atoms with Crippen LogP contribution >= 0.6 is 0 Å². The van der Waals surface area contributed by atoms with Crippen molar-refractivity contribution in [1.82, 2.24) is 19.9 Å². The van der Waals surface area contributed by atoms with Gasteiger partial charge in [0, 0.05) is 36.6 Å². The second-order valence-corrected chi connectivity index (χ2v) is 8.15. The van der Waals surface area contributed by atoms with Crippen LogP contribution in [0.25, 0.3) is 21.9 Å². The summed E-state index contributed by atoms with van der Waals surface area (Å²) >= 11 is 0. The highest BCUT2D eigenvalue weighted by molar-refractivity contribution is 5.85. The van der Waals surface area contributed by atoms with Crippen molar-refractivity contribution in [2.24, 2.45) is 0 Å². The second kappa shape index (κ2) is 8.86. The number of nitrogens with one attached hydrogen (secondary N) is 2. The van der Waals surface area contributed by atoms with Gasteiger partial charge in [-0.15, -0.1) is 0 Å². The van der Waals surface area contributed by atoms with Gasteiger partial charge in [0.15, 0.2) is 0 Å². The van der Waals surface area contributed by atoms with Gasteiger partial charge in [-0.3, -0.25) is 9.59 Å². The third kappa shape index (κ3) is 4.23. The van der Waals surface area contributed by atoms with E-state index in [0.717, 1.165) is 44.4 Å². The van der Waals surface area contributed by atoms with Crippen molar-refractivity contribution in [3.05, 3.63) is 69.3 Å². The molecule has 0 spiro atoms. The van der Waals surface area contributed by atoms with Crippen LogP contribution in [0.1, 0.15) is 28.8 Å². The first-order valence-electron chi connectivity index (χ1n) is 10.8. The minimum atomic E-state index is -0.152. The molecule has 0 aliphatic rings. The van der Waals surface area contributed by atoms with Crippen LogP contribution in [-0.4, -0.2) is 34.1 Å². The average molecular weight is 433 g/mol. The summed E-state index contributed by atoms with van der Waals surface area (Å²) in [4.78, 5) is 32.9. The molecule has 0 atom stereocenters. The number of H-pyrrole nitrogens is 1. The van der Waals surface area contributed by atoms with E-state index >= 15 is 0 Å². The minimum absolute atomic E-state index is 0.0826. The summed E-state index contributed by atoms with van der Waals surface area (Å²) in [5.41, 5.74) is 6.22. The zero-order chi connectivity index (χ0) is 22.8. The monoisotopic (exact) mass is 432 g/mol. The fourth-order valence-electron chi connectivity index (χ4n) is 3.98. The molecular weight excluding hydrogens is 404 g/mol. The lowest BCUT2D eigenvalue weighted by Gasteiger charge is -2.13. The Hall–Kier alpha value is -3.61. The molecule has 0 unspecified atom stereocenters. The number of rotatable bonds is 7. The molecule has 1 amide bonds. The number of benzene rings is 2. The number of nitrogens with zero attached hydrogens (tertiary/aromatic N) is 2. The number of fused-ring (bicyclic) bond motifs is 2. The fraction of sp³-hybridized carbons (Fsp3) is 0.320. The van der Waals surface area contributed by atoms with Crippen molar-refractivity contribution in [1.29, 1.82) is 0 Å². The van der Waals surface area contributed by atoms with Crippen LogP contribution in [-0.2, 0) is 17.8 Å². The Balaban J connectivity index is 1.42. The molecule has 0 fully saturated rings. The maximum Gasteiger partial charge on any atom is 0.272 e. The Labute approximate surface area is 186 Å². The van der Waals surface area contributed by atoms with Gasteiger partial charge >= 0.3 is 0 Å². The summed E-state index contributed by atoms with van der Waals surface area (Å²) in [6, 6.07) is 9.86. The molecule has 7 nitrogen and oxygen atoms in total. The smallest absolute Gasteiger partial charge is 0.272 e. The summed E-state index contributed by atoms with van der Waals surface area (Å²) in [6.45, 7) is 6.59. The van der Waals surface area contributed by atoms with Crippen molar-refractivity contribution in [2.45, 2.75) is 40.2 Å². The Morgan fingerprint density at radius 3 is 2.72 bits per heavy atom. The van der Waals surface area contributed by atoms with Crippen LogP contribution in [0.4, 0.5) is 0 Å². The van der Waals surface area contributed by atoms with E-state index in [-0.39, 0.29) is 17.9 Å². The van der Waals surface area contributed by atoms with Crippen LogP contribution in [0.3, 0.4) is 0 Å². The number of ether oxygens (including phenoxy) is 1. The van der Waals surface area contributed by atoms with Crippen molar-refractivity contribution >= 4 is 27.8 Å². The third-order valence-corrected chi connectivity index (χ3v) is 5.98. The van der Waals surface area contributed by atoms with Gasteiger partial charge in [0.05, 0.1) is 18.1 Å². The van der Waals surface area contributed by atoms with E-state index in [1.807, 2.05) is 50.4 Å². The molecule has 4 aromatic rings. The third-order valence-electron chi connectivity index (χ3n) is 5.98. The lowest BCUT2D eigenvalue weighted by atomic mass is 10.1. The van der Waals surface area contributed by atoms with Gasteiger partial charge in [-0.05, 0) is 74.2 Å². The van der Waals surface area contributed by atoms with E-state index in [9.17, 15) is 9.59 Å².